The lowest BCUT2D eigenvalue weighted by Crippen LogP contribution is -2.37. The lowest BCUT2D eigenvalue weighted by Gasteiger charge is -2.44. The SMILES string of the molecule is C=C1/C(=C\C=C2/CCC[C@]3(C)[C@@H]([C@H](C)CC[C@H](OC(=O)CCCC)C4(c5nc(C)co5)CC4)CC[C@@H]23)C[C@@H](O)C[C@@H]1O. The van der Waals surface area contributed by atoms with Crippen molar-refractivity contribution >= 4 is 5.97 Å². The molecule has 0 spiro atoms. The van der Waals surface area contributed by atoms with Crippen molar-refractivity contribution in [1.82, 2.24) is 4.98 Å². The van der Waals surface area contributed by atoms with E-state index in [4.69, 9.17) is 9.15 Å². The number of carbonyl (C=O) groups is 1. The number of aliphatic hydroxyl groups excluding tert-OH is 2. The monoisotopic (exact) mass is 579 g/mol. The highest BCUT2D eigenvalue weighted by Gasteiger charge is 2.57. The van der Waals surface area contributed by atoms with E-state index >= 15 is 0 Å². The van der Waals surface area contributed by atoms with Gasteiger partial charge in [0.25, 0.3) is 0 Å². The summed E-state index contributed by atoms with van der Waals surface area (Å²) in [5.74, 6) is 2.37. The molecule has 42 heavy (non-hydrogen) atoms. The van der Waals surface area contributed by atoms with Gasteiger partial charge >= 0.3 is 5.97 Å². The third-order valence-corrected chi connectivity index (χ3v) is 11.3. The molecule has 0 radical (unpaired) electrons. The maximum absolute atomic E-state index is 12.8. The Kier molecular flexibility index (Phi) is 9.54. The number of fused-ring (bicyclic) bond motifs is 1. The molecule has 4 saturated carbocycles. The second-order valence-electron chi connectivity index (χ2n) is 14.3. The zero-order valence-electron chi connectivity index (χ0n) is 26.4. The van der Waals surface area contributed by atoms with Crippen LogP contribution in [0.4, 0.5) is 0 Å². The zero-order valence-corrected chi connectivity index (χ0v) is 26.4. The highest BCUT2D eigenvalue weighted by Crippen LogP contribution is 2.60. The van der Waals surface area contributed by atoms with E-state index in [1.54, 1.807) is 6.26 Å². The fourth-order valence-electron chi connectivity index (χ4n) is 8.67. The van der Waals surface area contributed by atoms with Gasteiger partial charge in [-0.3, -0.25) is 4.79 Å². The minimum absolute atomic E-state index is 0.0891. The molecule has 4 aliphatic carbocycles. The average molecular weight is 580 g/mol. The summed E-state index contributed by atoms with van der Waals surface area (Å²) in [6.07, 6.45) is 17.9. The minimum atomic E-state index is -0.649. The molecule has 0 bridgehead atoms. The largest absolute Gasteiger partial charge is 0.461 e. The molecule has 1 aromatic rings. The Balaban J connectivity index is 1.28. The van der Waals surface area contributed by atoms with Crippen LogP contribution >= 0.6 is 0 Å². The molecule has 0 unspecified atom stereocenters. The number of hydrogen-bond acceptors (Lipinski definition) is 6. The molecule has 0 amide bonds. The summed E-state index contributed by atoms with van der Waals surface area (Å²) in [5.41, 5.74) is 4.13. The van der Waals surface area contributed by atoms with Crippen LogP contribution in [0.2, 0.25) is 0 Å². The van der Waals surface area contributed by atoms with Gasteiger partial charge in [-0.1, -0.05) is 51.5 Å². The van der Waals surface area contributed by atoms with Crippen LogP contribution in [0.3, 0.4) is 0 Å². The van der Waals surface area contributed by atoms with Crippen molar-refractivity contribution in [1.29, 1.82) is 0 Å². The van der Waals surface area contributed by atoms with Crippen molar-refractivity contribution in [3.05, 3.63) is 53.3 Å². The van der Waals surface area contributed by atoms with Crippen LogP contribution in [0.1, 0.15) is 122 Å². The van der Waals surface area contributed by atoms with Crippen molar-refractivity contribution in [2.45, 2.75) is 141 Å². The number of hydrogen-bond donors (Lipinski definition) is 2. The summed E-state index contributed by atoms with van der Waals surface area (Å²) in [4.78, 5) is 17.5. The zero-order chi connectivity index (χ0) is 30.1. The van der Waals surface area contributed by atoms with E-state index < -0.39 is 12.2 Å². The first-order chi connectivity index (χ1) is 20.1. The summed E-state index contributed by atoms with van der Waals surface area (Å²) in [5, 5.41) is 20.5. The number of oxazole rings is 1. The first-order valence-corrected chi connectivity index (χ1v) is 16.6. The second-order valence-corrected chi connectivity index (χ2v) is 14.3. The van der Waals surface area contributed by atoms with E-state index in [1.807, 2.05) is 6.92 Å². The lowest BCUT2D eigenvalue weighted by molar-refractivity contribution is -0.152. The van der Waals surface area contributed by atoms with Gasteiger partial charge in [-0.25, -0.2) is 4.98 Å². The molecule has 0 aromatic carbocycles. The molecule has 232 valence electrons. The van der Waals surface area contributed by atoms with Gasteiger partial charge in [-0.15, -0.1) is 0 Å². The summed E-state index contributed by atoms with van der Waals surface area (Å²) in [6, 6.07) is 0. The quantitative estimate of drug-likeness (QED) is 0.261. The minimum Gasteiger partial charge on any atom is -0.461 e. The van der Waals surface area contributed by atoms with E-state index in [2.05, 4.69) is 44.5 Å². The molecular weight excluding hydrogens is 526 g/mol. The Morgan fingerprint density at radius 3 is 2.71 bits per heavy atom. The number of nitrogens with zero attached hydrogens (tertiary/aromatic N) is 1. The predicted molar refractivity (Wildman–Crippen MR) is 165 cm³/mol. The third-order valence-electron chi connectivity index (χ3n) is 11.3. The fourth-order valence-corrected chi connectivity index (χ4v) is 8.67. The molecule has 0 aliphatic heterocycles. The molecule has 4 aliphatic rings. The number of aryl methyl sites for hydroxylation is 1. The van der Waals surface area contributed by atoms with Crippen molar-refractivity contribution in [2.24, 2.45) is 23.2 Å². The van der Waals surface area contributed by atoms with Crippen molar-refractivity contribution < 1.29 is 24.2 Å². The molecule has 6 heteroatoms. The van der Waals surface area contributed by atoms with Gasteiger partial charge in [0, 0.05) is 12.8 Å². The third kappa shape index (κ3) is 6.36. The Hall–Kier alpha value is -2.18. The van der Waals surface area contributed by atoms with E-state index in [0.717, 1.165) is 67.7 Å². The normalized spacial score (nSPS) is 33.9. The van der Waals surface area contributed by atoms with Gasteiger partial charge < -0.3 is 19.4 Å². The number of aliphatic hydroxyl groups is 2. The van der Waals surface area contributed by atoms with Crippen molar-refractivity contribution in [3.8, 4) is 0 Å². The molecule has 2 N–H and O–H groups in total. The maximum atomic E-state index is 12.8. The molecule has 5 rings (SSSR count). The van der Waals surface area contributed by atoms with Gasteiger partial charge in [0.2, 0.25) is 5.89 Å². The van der Waals surface area contributed by atoms with Gasteiger partial charge in [0.05, 0.1) is 23.3 Å². The summed E-state index contributed by atoms with van der Waals surface area (Å²) < 4.78 is 12.1. The number of rotatable bonds is 11. The number of allylic oxidation sites excluding steroid dienone is 3. The molecule has 0 saturated heterocycles. The Labute approximate surface area is 252 Å². The van der Waals surface area contributed by atoms with Crippen LogP contribution < -0.4 is 0 Å². The van der Waals surface area contributed by atoms with Gasteiger partial charge in [-0.2, -0.15) is 0 Å². The standard InChI is InChI=1S/C36H53NO5/c1-6-7-10-33(40)42-32(36(18-19-36)34-37-24(3)22-41-34)16-11-23(2)29-14-15-30-26(9-8-17-35(29,30)5)12-13-27-20-28(38)21-31(39)25(27)4/h12-13,22-23,28-32,38-39H,4,6-11,14-21H2,1-3,5H3/b26-12+,27-13-/t23-,28-,29-,30+,31+,32+,35-/m1/s1. The average Bonchev–Trinajstić information content (AvgIpc) is 3.51. The number of ether oxygens (including phenoxy) is 1. The fraction of sp³-hybridized carbons (Fsp3) is 0.722. The molecule has 1 aromatic heterocycles. The molecule has 4 fully saturated rings. The lowest BCUT2D eigenvalue weighted by atomic mass is 9.60. The van der Waals surface area contributed by atoms with Crippen LogP contribution in [0.25, 0.3) is 0 Å². The topological polar surface area (TPSA) is 92.8 Å². The molecular formula is C36H53NO5. The Morgan fingerprint density at radius 1 is 1.24 bits per heavy atom. The van der Waals surface area contributed by atoms with Crippen molar-refractivity contribution in [2.75, 3.05) is 0 Å². The predicted octanol–water partition coefficient (Wildman–Crippen LogP) is 7.67. The van der Waals surface area contributed by atoms with Gasteiger partial charge in [0.1, 0.15) is 12.4 Å². The molecule has 7 atom stereocenters. The van der Waals surface area contributed by atoms with Crippen LogP contribution in [-0.4, -0.2) is 39.5 Å². The van der Waals surface area contributed by atoms with Crippen LogP contribution in [0, 0.1) is 30.1 Å². The van der Waals surface area contributed by atoms with E-state index in [9.17, 15) is 15.0 Å². The van der Waals surface area contributed by atoms with Gasteiger partial charge in [0.15, 0.2) is 0 Å². The first-order valence-electron chi connectivity index (χ1n) is 16.6. The van der Waals surface area contributed by atoms with Crippen LogP contribution in [-0.2, 0) is 14.9 Å². The number of carbonyl (C=O) groups excluding carboxylic acids is 1. The Morgan fingerprint density at radius 2 is 2.02 bits per heavy atom. The van der Waals surface area contributed by atoms with Gasteiger partial charge in [-0.05, 0) is 112 Å². The first kappa shape index (κ1) is 31.3. The van der Waals surface area contributed by atoms with E-state index in [-0.39, 0.29) is 22.9 Å². The smallest absolute Gasteiger partial charge is 0.306 e. The van der Waals surface area contributed by atoms with E-state index in [0.29, 0.717) is 37.0 Å². The number of aromatic nitrogens is 1. The van der Waals surface area contributed by atoms with Crippen LogP contribution in [0.5, 0.6) is 0 Å². The second kappa shape index (κ2) is 12.8. The number of unbranched alkanes of at least 4 members (excludes halogenated alkanes) is 1. The number of esters is 1. The highest BCUT2D eigenvalue weighted by atomic mass is 16.5. The van der Waals surface area contributed by atoms with Crippen molar-refractivity contribution in [3.63, 3.8) is 0 Å². The maximum Gasteiger partial charge on any atom is 0.306 e. The summed E-state index contributed by atoms with van der Waals surface area (Å²) >= 11 is 0. The highest BCUT2D eigenvalue weighted by molar-refractivity contribution is 5.69. The van der Waals surface area contributed by atoms with E-state index in [1.165, 1.54) is 31.3 Å². The van der Waals surface area contributed by atoms with Crippen LogP contribution in [0.15, 0.2) is 46.1 Å². The summed E-state index contributed by atoms with van der Waals surface area (Å²) in [7, 11) is 0. The summed E-state index contributed by atoms with van der Waals surface area (Å²) in [6.45, 7) is 13.1. The molecule has 6 nitrogen and oxygen atoms in total. The molecule has 1 heterocycles. The Bertz CT molecular complexity index is 1190.